The van der Waals surface area contributed by atoms with E-state index in [9.17, 15) is 0 Å². The first kappa shape index (κ1) is 9.41. The fourth-order valence-electron chi connectivity index (χ4n) is 2.18. The molecule has 0 unspecified atom stereocenters. The van der Waals surface area contributed by atoms with Crippen molar-refractivity contribution in [2.24, 2.45) is 0 Å². The van der Waals surface area contributed by atoms with E-state index in [0.717, 1.165) is 32.7 Å². The zero-order valence-electron chi connectivity index (χ0n) is 8.77. The highest BCUT2D eigenvalue weighted by molar-refractivity contribution is 6.10. The van der Waals surface area contributed by atoms with Crippen molar-refractivity contribution >= 4 is 21.5 Å². The van der Waals surface area contributed by atoms with E-state index in [0.29, 0.717) is 0 Å². The smallest absolute Gasteiger partial charge is 0.000521 e. The first-order valence-corrected chi connectivity index (χ1v) is 5.23. The molecule has 0 fully saturated rings. The van der Waals surface area contributed by atoms with Crippen LogP contribution in [-0.2, 0) is 0 Å². The Labute approximate surface area is 95.5 Å². The van der Waals surface area contributed by atoms with E-state index >= 15 is 0 Å². The van der Waals surface area contributed by atoms with Crippen molar-refractivity contribution in [1.29, 1.82) is 0 Å². The van der Waals surface area contributed by atoms with Crippen LogP contribution in [0.2, 0.25) is 0 Å². The van der Waals surface area contributed by atoms with E-state index in [2.05, 4.69) is 12.1 Å². The lowest BCUT2D eigenvalue weighted by atomic mass is 9.96. The second kappa shape index (κ2) is 3.34. The standard InChI is InChI=1S/C16H10/c1-11-6-5-9-15-14-8-4-3-7-13(14)12(2)10-16(11)15/h1-10H. The molecule has 0 aliphatic rings. The normalized spacial score (nSPS) is 11.1. The molecule has 74 valence electrons. The van der Waals surface area contributed by atoms with Gasteiger partial charge < -0.3 is 0 Å². The van der Waals surface area contributed by atoms with E-state index in [-0.39, 0.29) is 0 Å². The van der Waals surface area contributed by atoms with Crippen LogP contribution < -0.4 is 0 Å². The summed E-state index contributed by atoms with van der Waals surface area (Å²) in [7, 11) is 0. The molecule has 0 N–H and O–H groups in total. The Bertz CT molecular complexity index is 673. The molecule has 3 aromatic carbocycles. The highest BCUT2D eigenvalue weighted by atomic mass is 14.1. The SMILES string of the molecule is [CH]c1cc2c([CH])cccc2c2ccccc12. The fourth-order valence-corrected chi connectivity index (χ4v) is 2.18. The van der Waals surface area contributed by atoms with Crippen LogP contribution in [0.25, 0.3) is 21.5 Å². The summed E-state index contributed by atoms with van der Waals surface area (Å²) >= 11 is 0. The van der Waals surface area contributed by atoms with E-state index < -0.39 is 0 Å². The summed E-state index contributed by atoms with van der Waals surface area (Å²) < 4.78 is 0. The van der Waals surface area contributed by atoms with Gasteiger partial charge in [0.25, 0.3) is 0 Å². The van der Waals surface area contributed by atoms with Gasteiger partial charge >= 0.3 is 0 Å². The summed E-state index contributed by atoms with van der Waals surface area (Å²) in [5.74, 6) is 0. The van der Waals surface area contributed by atoms with Crippen molar-refractivity contribution in [3.8, 4) is 0 Å². The maximum absolute atomic E-state index is 6.04. The van der Waals surface area contributed by atoms with E-state index in [1.807, 2.05) is 36.4 Å². The molecule has 3 rings (SSSR count). The van der Waals surface area contributed by atoms with E-state index in [1.54, 1.807) is 0 Å². The van der Waals surface area contributed by atoms with Gasteiger partial charge in [0, 0.05) is 0 Å². The van der Waals surface area contributed by atoms with Crippen molar-refractivity contribution in [2.45, 2.75) is 0 Å². The third kappa shape index (κ3) is 1.23. The first-order chi connectivity index (χ1) is 7.77. The van der Waals surface area contributed by atoms with Crippen LogP contribution in [-0.4, -0.2) is 0 Å². The summed E-state index contributed by atoms with van der Waals surface area (Å²) in [6, 6.07) is 16.0. The van der Waals surface area contributed by atoms with Gasteiger partial charge in [-0.3, -0.25) is 0 Å². The lowest BCUT2D eigenvalue weighted by Crippen LogP contribution is -1.84. The zero-order chi connectivity index (χ0) is 11.1. The van der Waals surface area contributed by atoms with Gasteiger partial charge in [-0.25, -0.2) is 0 Å². The molecule has 0 nitrogen and oxygen atoms in total. The van der Waals surface area contributed by atoms with E-state index in [4.69, 9.17) is 13.8 Å². The van der Waals surface area contributed by atoms with Crippen LogP contribution in [0.15, 0.2) is 48.5 Å². The van der Waals surface area contributed by atoms with Crippen LogP contribution >= 0.6 is 0 Å². The van der Waals surface area contributed by atoms with Crippen molar-refractivity contribution in [1.82, 2.24) is 0 Å². The Kier molecular flexibility index (Phi) is 1.97. The van der Waals surface area contributed by atoms with Gasteiger partial charge in [-0.1, -0.05) is 42.5 Å². The number of hydrogen-bond donors (Lipinski definition) is 0. The fraction of sp³-hybridized carbons (Fsp3) is 0. The van der Waals surface area contributed by atoms with Crippen LogP contribution in [0, 0.1) is 13.8 Å². The molecule has 0 heteroatoms. The molecule has 0 bridgehead atoms. The molecular formula is C16H10. The molecule has 16 heavy (non-hydrogen) atoms. The summed E-state index contributed by atoms with van der Waals surface area (Å²) in [5.41, 5.74) is 1.55. The molecule has 0 aromatic heterocycles. The Morgan fingerprint density at radius 1 is 0.562 bits per heavy atom. The molecule has 3 aromatic rings. The lowest BCUT2D eigenvalue weighted by molar-refractivity contribution is 1.66. The molecule has 0 heterocycles. The molecule has 4 radical (unpaired) electrons. The molecule has 0 atom stereocenters. The summed E-state index contributed by atoms with van der Waals surface area (Å²) in [6.45, 7) is 12.0. The van der Waals surface area contributed by atoms with Gasteiger partial charge in [0.05, 0.1) is 0 Å². The maximum atomic E-state index is 6.04. The number of hydrogen-bond acceptors (Lipinski definition) is 0. The van der Waals surface area contributed by atoms with Crippen LogP contribution in [0.5, 0.6) is 0 Å². The van der Waals surface area contributed by atoms with Crippen LogP contribution in [0.4, 0.5) is 0 Å². The number of rotatable bonds is 0. The Balaban J connectivity index is 2.64. The number of fused-ring (bicyclic) bond motifs is 3. The van der Waals surface area contributed by atoms with Gasteiger partial charge in [-0.2, -0.15) is 0 Å². The number of benzene rings is 3. The summed E-state index contributed by atoms with van der Waals surface area (Å²) in [5, 5.41) is 4.42. The average Bonchev–Trinajstić information content (AvgIpc) is 2.31. The second-order valence-electron chi connectivity index (χ2n) is 3.95. The van der Waals surface area contributed by atoms with Crippen molar-refractivity contribution < 1.29 is 0 Å². The minimum absolute atomic E-state index is 0.773. The largest absolute Gasteiger partial charge is 0.0616 e. The quantitative estimate of drug-likeness (QED) is 0.481. The zero-order valence-corrected chi connectivity index (χ0v) is 8.77. The molecule has 0 saturated heterocycles. The minimum Gasteiger partial charge on any atom is -0.0616 e. The van der Waals surface area contributed by atoms with Crippen LogP contribution in [0.1, 0.15) is 11.1 Å². The van der Waals surface area contributed by atoms with Crippen molar-refractivity contribution in [3.05, 3.63) is 73.5 Å². The topological polar surface area (TPSA) is 0 Å². The average molecular weight is 202 g/mol. The maximum Gasteiger partial charge on any atom is -0.000521 e. The lowest BCUT2D eigenvalue weighted by Gasteiger charge is -2.08. The predicted octanol–water partition coefficient (Wildman–Crippen LogP) is 4.11. The second-order valence-corrected chi connectivity index (χ2v) is 3.95. The molecule has 0 saturated carbocycles. The van der Waals surface area contributed by atoms with Crippen molar-refractivity contribution in [2.75, 3.05) is 0 Å². The van der Waals surface area contributed by atoms with Gasteiger partial charge in [0.2, 0.25) is 0 Å². The molecule has 0 aliphatic heterocycles. The summed E-state index contributed by atoms with van der Waals surface area (Å²) in [6.07, 6.45) is 0. The predicted molar refractivity (Wildman–Crippen MR) is 68.3 cm³/mol. The van der Waals surface area contributed by atoms with Gasteiger partial charge in [-0.15, -0.1) is 0 Å². The first-order valence-electron chi connectivity index (χ1n) is 5.23. The molecule has 0 spiro atoms. The van der Waals surface area contributed by atoms with Crippen molar-refractivity contribution in [3.63, 3.8) is 0 Å². The Morgan fingerprint density at radius 3 is 2.00 bits per heavy atom. The molecular weight excluding hydrogens is 192 g/mol. The monoisotopic (exact) mass is 202 g/mol. The third-order valence-corrected chi connectivity index (χ3v) is 2.97. The Morgan fingerprint density at radius 2 is 1.19 bits per heavy atom. The van der Waals surface area contributed by atoms with Gasteiger partial charge in [0.15, 0.2) is 0 Å². The third-order valence-electron chi connectivity index (χ3n) is 2.97. The molecule has 0 aliphatic carbocycles. The Hall–Kier alpha value is -1.82. The summed E-state index contributed by atoms with van der Waals surface area (Å²) in [4.78, 5) is 0. The highest BCUT2D eigenvalue weighted by Crippen LogP contribution is 2.29. The highest BCUT2D eigenvalue weighted by Gasteiger charge is 2.04. The van der Waals surface area contributed by atoms with E-state index in [1.165, 1.54) is 0 Å². The molecule has 0 amide bonds. The van der Waals surface area contributed by atoms with Gasteiger partial charge in [-0.05, 0) is 52.6 Å². The van der Waals surface area contributed by atoms with Crippen LogP contribution in [0.3, 0.4) is 0 Å². The minimum atomic E-state index is 0.773. The van der Waals surface area contributed by atoms with Gasteiger partial charge in [0.1, 0.15) is 0 Å².